The molecule has 0 bridgehead atoms. The van der Waals surface area contributed by atoms with Gasteiger partial charge in [0.05, 0.1) is 6.04 Å². The Bertz CT molecular complexity index is 820. The van der Waals surface area contributed by atoms with E-state index in [2.05, 4.69) is 14.7 Å². The summed E-state index contributed by atoms with van der Waals surface area (Å²) >= 11 is 6.08. The van der Waals surface area contributed by atoms with Crippen molar-refractivity contribution >= 4 is 17.9 Å². The number of rotatable bonds is 7. The van der Waals surface area contributed by atoms with E-state index >= 15 is 0 Å². The molecule has 0 N–H and O–H groups in total. The number of halogens is 5. The van der Waals surface area contributed by atoms with Crippen LogP contribution in [0, 0.1) is 0 Å². The zero-order chi connectivity index (χ0) is 19.6. The molecule has 0 saturated carbocycles. The number of hydrogen-bond acceptors (Lipinski definition) is 5. The van der Waals surface area contributed by atoms with Gasteiger partial charge >= 0.3 is 12.3 Å². The standard InChI is InChI=1S/C17H14ClF4N3O2/c18-15-12-7-25(13(8-26)11(12)3-4-23-15)6-10-1-2-14(24-5-10)27-9-17(21,22)16(19)20/h1-5,8,13,16H,6-7,9H2. The summed E-state index contributed by atoms with van der Waals surface area (Å²) < 4.78 is 54.6. The van der Waals surface area contributed by atoms with Crippen LogP contribution in [0.3, 0.4) is 0 Å². The maximum absolute atomic E-state index is 12.9. The zero-order valence-corrected chi connectivity index (χ0v) is 14.5. The molecule has 2 aromatic heterocycles. The van der Waals surface area contributed by atoms with Gasteiger partial charge in [-0.15, -0.1) is 0 Å². The van der Waals surface area contributed by atoms with Gasteiger partial charge < -0.3 is 9.53 Å². The number of nitrogens with zero attached hydrogens (tertiary/aromatic N) is 3. The van der Waals surface area contributed by atoms with Crippen LogP contribution in [0.15, 0.2) is 30.6 Å². The van der Waals surface area contributed by atoms with Gasteiger partial charge in [-0.05, 0) is 17.2 Å². The lowest BCUT2D eigenvalue weighted by atomic mass is 10.1. The van der Waals surface area contributed by atoms with Crippen LogP contribution in [-0.2, 0) is 17.9 Å². The summed E-state index contributed by atoms with van der Waals surface area (Å²) in [6.45, 7) is -0.698. The first-order chi connectivity index (χ1) is 12.8. The SMILES string of the molecule is O=CC1c2ccnc(Cl)c2CN1Cc1ccc(OCC(F)(F)C(F)F)nc1. The van der Waals surface area contributed by atoms with Gasteiger partial charge in [0, 0.05) is 37.1 Å². The number of hydrogen-bond donors (Lipinski definition) is 0. The van der Waals surface area contributed by atoms with Gasteiger partial charge in [-0.1, -0.05) is 17.7 Å². The molecule has 1 aliphatic rings. The van der Waals surface area contributed by atoms with Gasteiger partial charge in [0.25, 0.3) is 0 Å². The molecule has 0 aromatic carbocycles. The van der Waals surface area contributed by atoms with Crippen LogP contribution >= 0.6 is 11.6 Å². The van der Waals surface area contributed by atoms with E-state index in [9.17, 15) is 22.4 Å². The maximum atomic E-state index is 12.9. The Morgan fingerprint density at radius 2 is 2.11 bits per heavy atom. The summed E-state index contributed by atoms with van der Waals surface area (Å²) in [5, 5.41) is 0.337. The molecule has 1 unspecified atom stereocenters. The minimum absolute atomic E-state index is 0.192. The van der Waals surface area contributed by atoms with Gasteiger partial charge in [-0.2, -0.15) is 8.78 Å². The second-order valence-electron chi connectivity index (χ2n) is 6.01. The van der Waals surface area contributed by atoms with Crippen molar-refractivity contribution in [2.75, 3.05) is 6.61 Å². The highest BCUT2D eigenvalue weighted by Crippen LogP contribution is 2.36. The monoisotopic (exact) mass is 403 g/mol. The lowest BCUT2D eigenvalue weighted by molar-refractivity contribution is -0.148. The van der Waals surface area contributed by atoms with E-state index in [1.165, 1.54) is 18.5 Å². The molecule has 1 atom stereocenters. The van der Waals surface area contributed by atoms with E-state index in [0.29, 0.717) is 23.8 Å². The van der Waals surface area contributed by atoms with Crippen molar-refractivity contribution in [1.29, 1.82) is 0 Å². The average molecular weight is 404 g/mol. The smallest absolute Gasteiger partial charge is 0.340 e. The van der Waals surface area contributed by atoms with E-state index < -0.39 is 25.0 Å². The van der Waals surface area contributed by atoms with Crippen molar-refractivity contribution in [3.05, 3.63) is 52.4 Å². The molecule has 0 radical (unpaired) electrons. The summed E-state index contributed by atoms with van der Waals surface area (Å²) in [6.07, 6.45) is -0.0977. The van der Waals surface area contributed by atoms with E-state index in [1.54, 1.807) is 12.1 Å². The van der Waals surface area contributed by atoms with E-state index in [4.69, 9.17) is 11.6 Å². The highest BCUT2D eigenvalue weighted by molar-refractivity contribution is 6.30. The van der Waals surface area contributed by atoms with Crippen molar-refractivity contribution in [3.63, 3.8) is 0 Å². The van der Waals surface area contributed by atoms with Crippen LogP contribution in [0.5, 0.6) is 5.88 Å². The number of carbonyl (C=O) groups excluding carboxylic acids is 1. The van der Waals surface area contributed by atoms with Crippen molar-refractivity contribution in [1.82, 2.24) is 14.9 Å². The van der Waals surface area contributed by atoms with E-state index in [0.717, 1.165) is 17.4 Å². The molecule has 0 saturated heterocycles. The Morgan fingerprint density at radius 3 is 2.74 bits per heavy atom. The minimum Gasteiger partial charge on any atom is -0.471 e. The summed E-state index contributed by atoms with van der Waals surface area (Å²) in [5.74, 6) is -4.44. The fraction of sp³-hybridized carbons (Fsp3) is 0.353. The number of carbonyl (C=O) groups is 1. The maximum Gasteiger partial charge on any atom is 0.340 e. The first-order valence-electron chi connectivity index (χ1n) is 7.88. The molecule has 1 aliphatic heterocycles. The highest BCUT2D eigenvalue weighted by atomic mass is 35.5. The number of fused-ring (bicyclic) bond motifs is 1. The summed E-state index contributed by atoms with van der Waals surface area (Å²) in [5.41, 5.74) is 2.25. The van der Waals surface area contributed by atoms with Crippen molar-refractivity contribution in [3.8, 4) is 5.88 Å². The number of ether oxygens (including phenoxy) is 1. The Morgan fingerprint density at radius 1 is 1.33 bits per heavy atom. The third-order valence-corrected chi connectivity index (χ3v) is 4.48. The Hall–Kier alpha value is -2.26. The average Bonchev–Trinajstić information content (AvgIpc) is 2.99. The molecule has 144 valence electrons. The predicted octanol–water partition coefficient (Wildman–Crippen LogP) is 3.67. The molecule has 0 fully saturated rings. The van der Waals surface area contributed by atoms with Gasteiger partial charge in [-0.3, -0.25) is 4.90 Å². The van der Waals surface area contributed by atoms with Gasteiger partial charge in [-0.25, -0.2) is 18.7 Å². The molecular formula is C17H14ClF4N3O2. The topological polar surface area (TPSA) is 55.3 Å². The molecule has 0 spiro atoms. The lowest BCUT2D eigenvalue weighted by Gasteiger charge is -2.20. The van der Waals surface area contributed by atoms with Crippen LogP contribution < -0.4 is 4.74 Å². The second kappa shape index (κ2) is 7.77. The highest BCUT2D eigenvalue weighted by Gasteiger charge is 2.41. The number of aromatic nitrogens is 2. The number of alkyl halides is 4. The zero-order valence-electron chi connectivity index (χ0n) is 13.8. The number of pyridine rings is 2. The van der Waals surface area contributed by atoms with Crippen molar-refractivity contribution in [2.24, 2.45) is 0 Å². The van der Waals surface area contributed by atoms with Gasteiger partial charge in [0.15, 0.2) is 6.61 Å². The van der Waals surface area contributed by atoms with Gasteiger partial charge in [0.2, 0.25) is 5.88 Å². The van der Waals surface area contributed by atoms with Crippen LogP contribution in [0.4, 0.5) is 17.6 Å². The Balaban J connectivity index is 1.65. The largest absolute Gasteiger partial charge is 0.471 e. The third kappa shape index (κ3) is 4.19. The van der Waals surface area contributed by atoms with Crippen LogP contribution in [0.2, 0.25) is 5.15 Å². The lowest BCUT2D eigenvalue weighted by Crippen LogP contribution is -2.33. The fourth-order valence-electron chi connectivity index (χ4n) is 2.78. The molecule has 2 aromatic rings. The molecule has 3 heterocycles. The molecule has 0 aliphatic carbocycles. The normalized spacial score (nSPS) is 17.2. The summed E-state index contributed by atoms with van der Waals surface area (Å²) in [7, 11) is 0. The van der Waals surface area contributed by atoms with Crippen molar-refractivity contribution < 1.29 is 27.1 Å². The molecule has 3 rings (SSSR count). The molecule has 5 nitrogen and oxygen atoms in total. The molecule has 0 amide bonds. The Labute approximate surface area is 156 Å². The Kier molecular flexibility index (Phi) is 5.61. The third-order valence-electron chi connectivity index (χ3n) is 4.16. The first kappa shape index (κ1) is 19.5. The minimum atomic E-state index is -4.24. The second-order valence-corrected chi connectivity index (χ2v) is 6.37. The summed E-state index contributed by atoms with van der Waals surface area (Å²) in [6, 6.07) is 4.12. The fourth-order valence-corrected chi connectivity index (χ4v) is 3.01. The summed E-state index contributed by atoms with van der Waals surface area (Å²) in [4.78, 5) is 21.2. The predicted molar refractivity (Wildman–Crippen MR) is 88.0 cm³/mol. The first-order valence-corrected chi connectivity index (χ1v) is 8.26. The van der Waals surface area contributed by atoms with Crippen molar-refractivity contribution in [2.45, 2.75) is 31.5 Å². The van der Waals surface area contributed by atoms with Gasteiger partial charge in [0.1, 0.15) is 11.4 Å². The van der Waals surface area contributed by atoms with Crippen LogP contribution in [0.25, 0.3) is 0 Å². The van der Waals surface area contributed by atoms with Crippen LogP contribution in [-0.4, -0.2) is 40.1 Å². The van der Waals surface area contributed by atoms with E-state index in [1.807, 2.05) is 4.90 Å². The molecule has 27 heavy (non-hydrogen) atoms. The number of aldehydes is 1. The van der Waals surface area contributed by atoms with Crippen LogP contribution in [0.1, 0.15) is 22.7 Å². The molecule has 10 heteroatoms. The quantitative estimate of drug-likeness (QED) is 0.401. The molecular weight excluding hydrogens is 390 g/mol. The van der Waals surface area contributed by atoms with E-state index in [-0.39, 0.29) is 5.88 Å².